The lowest BCUT2D eigenvalue weighted by Gasteiger charge is -2.42. The third kappa shape index (κ3) is 2.71. The lowest BCUT2D eigenvalue weighted by atomic mass is 9.62. The Morgan fingerprint density at radius 2 is 1.65 bits per heavy atom. The Bertz CT molecular complexity index is 370. The minimum Gasteiger partial charge on any atom is -0.497 e. The molecule has 0 amide bonds. The van der Waals surface area contributed by atoms with Crippen molar-refractivity contribution in [3.05, 3.63) is 42.5 Å². The molecule has 1 aromatic carbocycles. The molecule has 0 fully saturated rings. The van der Waals surface area contributed by atoms with Gasteiger partial charge in [0.1, 0.15) is 5.75 Å². The summed E-state index contributed by atoms with van der Waals surface area (Å²) in [4.78, 5) is 0. The summed E-state index contributed by atoms with van der Waals surface area (Å²) in [6.45, 7) is 13.0. The zero-order valence-corrected chi connectivity index (χ0v) is 11.7. The van der Waals surface area contributed by atoms with Crippen LogP contribution in [-0.2, 0) is 5.41 Å². The Morgan fingerprint density at radius 1 is 1.12 bits per heavy atom. The molecule has 0 radical (unpaired) electrons. The third-order valence-electron chi connectivity index (χ3n) is 3.94. The Morgan fingerprint density at radius 3 is 2.00 bits per heavy atom. The van der Waals surface area contributed by atoms with E-state index < -0.39 is 0 Å². The van der Waals surface area contributed by atoms with E-state index in [9.17, 15) is 0 Å². The predicted octanol–water partition coefficient (Wildman–Crippen LogP) is 4.58. The van der Waals surface area contributed by atoms with E-state index in [1.54, 1.807) is 7.11 Å². The third-order valence-corrected chi connectivity index (χ3v) is 3.94. The molecular weight excluding hydrogens is 208 g/mol. The van der Waals surface area contributed by atoms with Crippen molar-refractivity contribution in [3.8, 4) is 5.75 Å². The van der Waals surface area contributed by atoms with Crippen LogP contribution in [0, 0.1) is 5.41 Å². The SMILES string of the molecule is C=CCC(C)(c1ccc(OC)cc1)C(C)(C)C. The second kappa shape index (κ2) is 4.95. The van der Waals surface area contributed by atoms with Gasteiger partial charge in [0, 0.05) is 5.41 Å². The maximum Gasteiger partial charge on any atom is 0.118 e. The van der Waals surface area contributed by atoms with Gasteiger partial charge in [0.05, 0.1) is 7.11 Å². The Labute approximate surface area is 106 Å². The molecule has 0 aliphatic carbocycles. The summed E-state index contributed by atoms with van der Waals surface area (Å²) in [5, 5.41) is 0. The first-order valence-electron chi connectivity index (χ1n) is 6.10. The average molecular weight is 232 g/mol. The molecule has 0 saturated carbocycles. The van der Waals surface area contributed by atoms with Crippen LogP contribution < -0.4 is 4.74 Å². The highest BCUT2D eigenvalue weighted by molar-refractivity contribution is 5.34. The van der Waals surface area contributed by atoms with Gasteiger partial charge in [-0.1, -0.05) is 45.9 Å². The molecule has 0 aliphatic rings. The Kier molecular flexibility index (Phi) is 4.03. The van der Waals surface area contributed by atoms with Crippen LogP contribution in [0.5, 0.6) is 5.75 Å². The van der Waals surface area contributed by atoms with E-state index in [2.05, 4.69) is 46.4 Å². The molecule has 0 heterocycles. The van der Waals surface area contributed by atoms with Crippen LogP contribution in [0.2, 0.25) is 0 Å². The first-order chi connectivity index (χ1) is 7.85. The first kappa shape index (κ1) is 13.8. The molecule has 0 aromatic heterocycles. The molecule has 1 aromatic rings. The highest BCUT2D eigenvalue weighted by atomic mass is 16.5. The van der Waals surface area contributed by atoms with Crippen LogP contribution >= 0.6 is 0 Å². The van der Waals surface area contributed by atoms with Gasteiger partial charge in [0.2, 0.25) is 0 Å². The predicted molar refractivity (Wildman–Crippen MR) is 74.6 cm³/mol. The quantitative estimate of drug-likeness (QED) is 0.691. The molecule has 0 spiro atoms. The van der Waals surface area contributed by atoms with Crippen molar-refractivity contribution in [1.29, 1.82) is 0 Å². The highest BCUT2D eigenvalue weighted by Gasteiger charge is 2.37. The van der Waals surface area contributed by atoms with Crippen LogP contribution in [0.15, 0.2) is 36.9 Å². The molecule has 0 bridgehead atoms. The van der Waals surface area contributed by atoms with Crippen LogP contribution in [0.1, 0.15) is 39.7 Å². The lowest BCUT2D eigenvalue weighted by molar-refractivity contribution is 0.205. The summed E-state index contributed by atoms with van der Waals surface area (Å²) >= 11 is 0. The van der Waals surface area contributed by atoms with E-state index in [1.165, 1.54) is 5.56 Å². The number of rotatable bonds is 4. The van der Waals surface area contributed by atoms with Gasteiger partial charge >= 0.3 is 0 Å². The van der Waals surface area contributed by atoms with Crippen molar-refractivity contribution in [2.24, 2.45) is 5.41 Å². The van der Waals surface area contributed by atoms with Gasteiger partial charge in [-0.3, -0.25) is 0 Å². The van der Waals surface area contributed by atoms with E-state index in [-0.39, 0.29) is 10.8 Å². The van der Waals surface area contributed by atoms with Crippen LogP contribution in [0.3, 0.4) is 0 Å². The van der Waals surface area contributed by atoms with Gasteiger partial charge in [-0.15, -0.1) is 6.58 Å². The van der Waals surface area contributed by atoms with Gasteiger partial charge < -0.3 is 4.74 Å². The molecule has 0 aliphatic heterocycles. The number of hydrogen-bond acceptors (Lipinski definition) is 1. The molecule has 1 heteroatoms. The van der Waals surface area contributed by atoms with Crippen molar-refractivity contribution < 1.29 is 4.74 Å². The highest BCUT2D eigenvalue weighted by Crippen LogP contribution is 2.44. The van der Waals surface area contributed by atoms with Gasteiger partial charge in [-0.25, -0.2) is 0 Å². The standard InChI is InChI=1S/C16H24O/c1-7-12-16(5,15(2,3)4)13-8-10-14(17-6)11-9-13/h7-11H,1,12H2,2-6H3. The molecule has 1 unspecified atom stereocenters. The zero-order valence-electron chi connectivity index (χ0n) is 11.7. The Hall–Kier alpha value is -1.24. The van der Waals surface area contributed by atoms with Crippen LogP contribution in [-0.4, -0.2) is 7.11 Å². The molecule has 17 heavy (non-hydrogen) atoms. The fourth-order valence-corrected chi connectivity index (χ4v) is 2.10. The summed E-state index contributed by atoms with van der Waals surface area (Å²) in [5.41, 5.74) is 1.63. The largest absolute Gasteiger partial charge is 0.497 e. The number of benzene rings is 1. The van der Waals surface area contributed by atoms with E-state index in [0.717, 1.165) is 12.2 Å². The lowest BCUT2D eigenvalue weighted by Crippen LogP contribution is -2.36. The maximum absolute atomic E-state index is 5.21. The minimum absolute atomic E-state index is 0.0982. The molecule has 1 nitrogen and oxygen atoms in total. The number of methoxy groups -OCH3 is 1. The van der Waals surface area contributed by atoms with E-state index in [4.69, 9.17) is 4.74 Å². The molecule has 1 atom stereocenters. The van der Waals surface area contributed by atoms with Crippen molar-refractivity contribution in [2.45, 2.75) is 39.5 Å². The molecule has 1 rings (SSSR count). The summed E-state index contributed by atoms with van der Waals surface area (Å²) < 4.78 is 5.21. The average Bonchev–Trinajstić information content (AvgIpc) is 2.28. The van der Waals surface area contributed by atoms with Crippen LogP contribution in [0.4, 0.5) is 0 Å². The second-order valence-corrected chi connectivity index (χ2v) is 5.80. The summed E-state index contributed by atoms with van der Waals surface area (Å²) in [7, 11) is 1.70. The first-order valence-corrected chi connectivity index (χ1v) is 6.10. The van der Waals surface area contributed by atoms with Crippen molar-refractivity contribution >= 4 is 0 Å². The second-order valence-electron chi connectivity index (χ2n) is 5.80. The number of hydrogen-bond donors (Lipinski definition) is 0. The Balaban J connectivity index is 3.18. The zero-order chi connectivity index (χ0) is 13.1. The van der Waals surface area contributed by atoms with Crippen LogP contribution in [0.25, 0.3) is 0 Å². The smallest absolute Gasteiger partial charge is 0.118 e. The fourth-order valence-electron chi connectivity index (χ4n) is 2.10. The molecule has 0 saturated heterocycles. The van der Waals surface area contributed by atoms with E-state index in [1.807, 2.05) is 18.2 Å². The monoisotopic (exact) mass is 232 g/mol. The van der Waals surface area contributed by atoms with Gasteiger partial charge in [0.15, 0.2) is 0 Å². The van der Waals surface area contributed by atoms with Gasteiger partial charge in [-0.2, -0.15) is 0 Å². The molecule has 94 valence electrons. The van der Waals surface area contributed by atoms with Crippen molar-refractivity contribution in [1.82, 2.24) is 0 Å². The topological polar surface area (TPSA) is 9.23 Å². The van der Waals surface area contributed by atoms with E-state index >= 15 is 0 Å². The normalized spacial score (nSPS) is 15.1. The van der Waals surface area contributed by atoms with Gasteiger partial charge in [-0.05, 0) is 29.5 Å². The summed E-state index contributed by atoms with van der Waals surface area (Å²) in [6, 6.07) is 8.38. The summed E-state index contributed by atoms with van der Waals surface area (Å²) in [5.74, 6) is 0.906. The number of allylic oxidation sites excluding steroid dienone is 1. The maximum atomic E-state index is 5.21. The van der Waals surface area contributed by atoms with Gasteiger partial charge in [0.25, 0.3) is 0 Å². The van der Waals surface area contributed by atoms with Crippen molar-refractivity contribution in [3.63, 3.8) is 0 Å². The fraction of sp³-hybridized carbons (Fsp3) is 0.500. The molecular formula is C16H24O. The molecule has 0 N–H and O–H groups in total. The van der Waals surface area contributed by atoms with Crippen molar-refractivity contribution in [2.75, 3.05) is 7.11 Å². The minimum atomic E-state index is 0.0982. The van der Waals surface area contributed by atoms with E-state index in [0.29, 0.717) is 0 Å². The summed E-state index contributed by atoms with van der Waals surface area (Å²) in [6.07, 6.45) is 2.98. The number of ether oxygens (including phenoxy) is 1.